The Morgan fingerprint density at radius 1 is 1.61 bits per heavy atom. The lowest BCUT2D eigenvalue weighted by Crippen LogP contribution is -2.20. The van der Waals surface area contributed by atoms with E-state index in [9.17, 15) is 15.2 Å². The van der Waals surface area contributed by atoms with Gasteiger partial charge in [-0.05, 0) is 13.3 Å². The fraction of sp³-hybridized carbons (Fsp3) is 0.727. The minimum Gasteiger partial charge on any atom is -0.390 e. The Balaban J connectivity index is 3.07. The van der Waals surface area contributed by atoms with Crippen LogP contribution in [0.5, 0.6) is 0 Å². The second kappa shape index (κ2) is 6.46. The molecule has 0 aliphatic heterocycles. The summed E-state index contributed by atoms with van der Waals surface area (Å²) in [6, 6.07) is 0. The Labute approximate surface area is 106 Å². The van der Waals surface area contributed by atoms with Crippen LogP contribution in [0.1, 0.15) is 24.7 Å². The highest BCUT2D eigenvalue weighted by atomic mass is 16.6. The van der Waals surface area contributed by atoms with Crippen molar-refractivity contribution in [3.8, 4) is 0 Å². The van der Waals surface area contributed by atoms with E-state index in [-0.39, 0.29) is 18.7 Å². The number of hydrogen-bond donors (Lipinski definition) is 1. The van der Waals surface area contributed by atoms with Crippen LogP contribution in [0.15, 0.2) is 0 Å². The molecule has 1 aromatic heterocycles. The number of aliphatic hydroxyl groups excluding tert-OH is 1. The quantitative estimate of drug-likeness (QED) is 0.582. The summed E-state index contributed by atoms with van der Waals surface area (Å²) >= 11 is 0. The molecule has 1 atom stereocenters. The molecular formula is C11H19N3O4. The largest absolute Gasteiger partial charge is 0.390 e. The van der Waals surface area contributed by atoms with E-state index in [1.807, 2.05) is 6.92 Å². The number of ether oxygens (including phenoxy) is 1. The summed E-state index contributed by atoms with van der Waals surface area (Å²) in [5, 5.41) is 24.9. The van der Waals surface area contributed by atoms with Gasteiger partial charge < -0.3 is 9.84 Å². The van der Waals surface area contributed by atoms with Gasteiger partial charge in [0, 0.05) is 20.1 Å². The fourth-order valence-electron chi connectivity index (χ4n) is 1.93. The zero-order valence-electron chi connectivity index (χ0n) is 10.9. The minimum atomic E-state index is -0.764. The van der Waals surface area contributed by atoms with E-state index < -0.39 is 11.0 Å². The van der Waals surface area contributed by atoms with Gasteiger partial charge in [0.1, 0.15) is 11.4 Å². The molecule has 0 aromatic carbocycles. The van der Waals surface area contributed by atoms with Crippen LogP contribution in [0.3, 0.4) is 0 Å². The normalized spacial score (nSPS) is 12.7. The van der Waals surface area contributed by atoms with Crippen molar-refractivity contribution in [3.05, 3.63) is 21.5 Å². The number of methoxy groups -OCH3 is 1. The van der Waals surface area contributed by atoms with Crippen molar-refractivity contribution in [2.75, 3.05) is 13.7 Å². The Hall–Kier alpha value is -1.47. The van der Waals surface area contributed by atoms with Crippen LogP contribution in [-0.2, 0) is 17.7 Å². The van der Waals surface area contributed by atoms with Crippen molar-refractivity contribution in [2.24, 2.45) is 0 Å². The van der Waals surface area contributed by atoms with E-state index in [0.29, 0.717) is 17.9 Å². The molecule has 1 heterocycles. The molecule has 0 aliphatic carbocycles. The Morgan fingerprint density at radius 2 is 2.28 bits per heavy atom. The molecule has 102 valence electrons. The van der Waals surface area contributed by atoms with E-state index in [1.54, 1.807) is 11.6 Å². The average molecular weight is 257 g/mol. The molecule has 0 fully saturated rings. The van der Waals surface area contributed by atoms with Gasteiger partial charge in [0.25, 0.3) is 0 Å². The molecule has 0 spiro atoms. The number of rotatable bonds is 7. The topological polar surface area (TPSA) is 90.4 Å². The highest BCUT2D eigenvalue weighted by Gasteiger charge is 2.26. The van der Waals surface area contributed by atoms with Crippen LogP contribution < -0.4 is 0 Å². The van der Waals surface area contributed by atoms with Crippen LogP contribution in [-0.4, -0.2) is 39.6 Å². The summed E-state index contributed by atoms with van der Waals surface area (Å²) in [4.78, 5) is 10.6. The number of nitro groups is 1. The van der Waals surface area contributed by atoms with Gasteiger partial charge in [-0.15, -0.1) is 0 Å². The minimum absolute atomic E-state index is 0.00129. The van der Waals surface area contributed by atoms with E-state index in [1.165, 1.54) is 7.11 Å². The predicted molar refractivity (Wildman–Crippen MR) is 65.5 cm³/mol. The van der Waals surface area contributed by atoms with Crippen LogP contribution >= 0.6 is 0 Å². The van der Waals surface area contributed by atoms with Gasteiger partial charge in [-0.3, -0.25) is 14.8 Å². The number of aryl methyl sites for hydroxylation is 2. The second-order valence-electron chi connectivity index (χ2n) is 4.17. The Kier molecular flexibility index (Phi) is 5.24. The molecule has 7 nitrogen and oxygen atoms in total. The summed E-state index contributed by atoms with van der Waals surface area (Å²) in [5.74, 6) is 0. The third kappa shape index (κ3) is 3.27. The fourth-order valence-corrected chi connectivity index (χ4v) is 1.93. The molecule has 1 N–H and O–H groups in total. The van der Waals surface area contributed by atoms with Gasteiger partial charge in [-0.2, -0.15) is 5.10 Å². The average Bonchev–Trinajstić information content (AvgIpc) is 2.56. The Morgan fingerprint density at radius 3 is 2.78 bits per heavy atom. The maximum Gasteiger partial charge on any atom is 0.313 e. The number of aliphatic hydroxyl groups is 1. The van der Waals surface area contributed by atoms with Crippen LogP contribution in [0.4, 0.5) is 5.69 Å². The first-order valence-corrected chi connectivity index (χ1v) is 5.88. The van der Waals surface area contributed by atoms with Gasteiger partial charge in [0.05, 0.1) is 17.6 Å². The van der Waals surface area contributed by atoms with Crippen molar-refractivity contribution < 1.29 is 14.8 Å². The predicted octanol–water partition coefficient (Wildman–Crippen LogP) is 1.06. The molecule has 0 radical (unpaired) electrons. The van der Waals surface area contributed by atoms with Crippen molar-refractivity contribution in [1.82, 2.24) is 9.78 Å². The van der Waals surface area contributed by atoms with Gasteiger partial charge in [-0.1, -0.05) is 6.92 Å². The first kappa shape index (κ1) is 14.6. The van der Waals surface area contributed by atoms with Gasteiger partial charge >= 0.3 is 5.69 Å². The lowest BCUT2D eigenvalue weighted by molar-refractivity contribution is -0.386. The Bertz CT molecular complexity index is 417. The lowest BCUT2D eigenvalue weighted by Gasteiger charge is -2.10. The first-order valence-electron chi connectivity index (χ1n) is 5.88. The van der Waals surface area contributed by atoms with Crippen LogP contribution in [0.2, 0.25) is 0 Å². The molecule has 0 aliphatic rings. The standard InChI is InChI=1S/C11H19N3O4/c1-4-5-13-10(6-9(15)7-18-3)11(14(16)17)8(2)12-13/h9,15H,4-7H2,1-3H3. The molecular weight excluding hydrogens is 238 g/mol. The molecule has 0 bridgehead atoms. The highest BCUT2D eigenvalue weighted by molar-refractivity contribution is 5.40. The molecule has 7 heteroatoms. The molecule has 1 rings (SSSR count). The molecule has 1 aromatic rings. The van der Waals surface area contributed by atoms with E-state index in [0.717, 1.165) is 6.42 Å². The number of hydrogen-bond acceptors (Lipinski definition) is 5. The maximum atomic E-state index is 11.0. The summed E-state index contributed by atoms with van der Waals surface area (Å²) in [6.07, 6.45) is 0.233. The third-order valence-electron chi connectivity index (χ3n) is 2.60. The maximum absolute atomic E-state index is 11.0. The van der Waals surface area contributed by atoms with Crippen molar-refractivity contribution in [3.63, 3.8) is 0 Å². The molecule has 0 amide bonds. The molecule has 0 saturated carbocycles. The third-order valence-corrected chi connectivity index (χ3v) is 2.60. The highest BCUT2D eigenvalue weighted by Crippen LogP contribution is 2.24. The first-order chi connectivity index (χ1) is 8.51. The van der Waals surface area contributed by atoms with Crippen molar-refractivity contribution >= 4 is 5.69 Å². The zero-order valence-corrected chi connectivity index (χ0v) is 10.9. The number of aromatic nitrogens is 2. The number of nitrogens with zero attached hydrogens (tertiary/aromatic N) is 3. The van der Waals surface area contributed by atoms with E-state index >= 15 is 0 Å². The summed E-state index contributed by atoms with van der Waals surface area (Å²) in [5.41, 5.74) is 0.843. The van der Waals surface area contributed by atoms with Crippen LogP contribution in [0, 0.1) is 17.0 Å². The van der Waals surface area contributed by atoms with Gasteiger partial charge in [0.15, 0.2) is 0 Å². The second-order valence-corrected chi connectivity index (χ2v) is 4.17. The molecule has 18 heavy (non-hydrogen) atoms. The van der Waals surface area contributed by atoms with Gasteiger partial charge in [0.2, 0.25) is 0 Å². The van der Waals surface area contributed by atoms with Crippen LogP contribution in [0.25, 0.3) is 0 Å². The summed E-state index contributed by atoms with van der Waals surface area (Å²) in [7, 11) is 1.48. The monoisotopic (exact) mass is 257 g/mol. The van der Waals surface area contributed by atoms with Crippen molar-refractivity contribution in [2.45, 2.75) is 39.3 Å². The molecule has 0 saturated heterocycles. The molecule has 1 unspecified atom stereocenters. The van der Waals surface area contributed by atoms with E-state index in [4.69, 9.17) is 4.74 Å². The lowest BCUT2D eigenvalue weighted by atomic mass is 10.1. The van der Waals surface area contributed by atoms with Gasteiger partial charge in [-0.25, -0.2) is 0 Å². The summed E-state index contributed by atoms with van der Waals surface area (Å²) in [6.45, 7) is 4.33. The van der Waals surface area contributed by atoms with Crippen molar-refractivity contribution in [1.29, 1.82) is 0 Å². The summed E-state index contributed by atoms with van der Waals surface area (Å²) < 4.78 is 6.44. The zero-order chi connectivity index (χ0) is 13.7. The van der Waals surface area contributed by atoms with E-state index in [2.05, 4.69) is 5.10 Å². The SMILES string of the molecule is CCCn1nc(C)c([N+](=O)[O-])c1CC(O)COC. The smallest absolute Gasteiger partial charge is 0.313 e.